The van der Waals surface area contributed by atoms with Crippen molar-refractivity contribution < 1.29 is 22.5 Å². The second kappa shape index (κ2) is 8.48. The van der Waals surface area contributed by atoms with Crippen LogP contribution in [0.4, 0.5) is 18.9 Å². The van der Waals surface area contributed by atoms with Crippen LogP contribution in [0.2, 0.25) is 0 Å². The molecule has 29 heavy (non-hydrogen) atoms. The summed E-state index contributed by atoms with van der Waals surface area (Å²) in [7, 11) is 0. The summed E-state index contributed by atoms with van der Waals surface area (Å²) in [6.45, 7) is 6.07. The minimum atomic E-state index is -4.43. The zero-order chi connectivity index (χ0) is 21.2. The molecule has 6 nitrogen and oxygen atoms in total. The highest BCUT2D eigenvalue weighted by Crippen LogP contribution is 2.33. The first-order valence-corrected chi connectivity index (χ1v) is 10.1. The van der Waals surface area contributed by atoms with Crippen LogP contribution in [0.5, 0.6) is 0 Å². The Balaban J connectivity index is 1.82. The van der Waals surface area contributed by atoms with E-state index >= 15 is 0 Å². The van der Waals surface area contributed by atoms with Crippen LogP contribution in [0.1, 0.15) is 36.8 Å². The topological polar surface area (TPSA) is 73.0 Å². The summed E-state index contributed by atoms with van der Waals surface area (Å²) in [5.41, 5.74) is 1.27. The summed E-state index contributed by atoms with van der Waals surface area (Å²) in [5.74, 6) is 0.302. The molecule has 3 aromatic rings. The number of nitrogens with zero attached hydrogens (tertiary/aromatic N) is 3. The van der Waals surface area contributed by atoms with Crippen molar-refractivity contribution in [2.75, 3.05) is 11.1 Å². The molecule has 0 aliphatic rings. The Morgan fingerprint density at radius 2 is 2.07 bits per heavy atom. The highest BCUT2D eigenvalue weighted by Gasteiger charge is 2.31. The molecule has 0 unspecified atom stereocenters. The number of hydrogen-bond donors (Lipinski definition) is 1. The predicted octanol–water partition coefficient (Wildman–Crippen LogP) is 5.19. The highest BCUT2D eigenvalue weighted by molar-refractivity contribution is 7.99. The lowest BCUT2D eigenvalue weighted by Gasteiger charge is -2.09. The van der Waals surface area contributed by atoms with E-state index in [1.807, 2.05) is 11.5 Å². The van der Waals surface area contributed by atoms with E-state index in [9.17, 15) is 18.0 Å². The van der Waals surface area contributed by atoms with Gasteiger partial charge in [0, 0.05) is 6.54 Å². The van der Waals surface area contributed by atoms with Crippen molar-refractivity contribution >= 4 is 34.4 Å². The molecule has 1 aromatic carbocycles. The van der Waals surface area contributed by atoms with Crippen molar-refractivity contribution in [1.29, 1.82) is 0 Å². The number of hydrogen-bond acceptors (Lipinski definition) is 5. The lowest BCUT2D eigenvalue weighted by atomic mass is 10.2. The normalized spacial score (nSPS) is 11.9. The summed E-state index contributed by atoms with van der Waals surface area (Å²) in [6.07, 6.45) is -2.65. The molecular formula is C19H21F3N4O2S. The lowest BCUT2D eigenvalue weighted by molar-refractivity contribution is -0.137. The van der Waals surface area contributed by atoms with Crippen LogP contribution in [-0.4, -0.2) is 26.4 Å². The van der Waals surface area contributed by atoms with Gasteiger partial charge in [-0.25, -0.2) is 4.98 Å². The molecule has 1 N–H and O–H groups in total. The molecule has 0 aliphatic heterocycles. The van der Waals surface area contributed by atoms with Crippen LogP contribution in [0, 0.1) is 13.8 Å². The van der Waals surface area contributed by atoms with Crippen LogP contribution in [0.3, 0.4) is 0 Å². The van der Waals surface area contributed by atoms with Gasteiger partial charge in [0.25, 0.3) is 0 Å². The monoisotopic (exact) mass is 426 g/mol. The maximum Gasteiger partial charge on any atom is 0.416 e. The summed E-state index contributed by atoms with van der Waals surface area (Å²) in [5, 5.41) is 7.06. The molecule has 10 heteroatoms. The number of amides is 1. The lowest BCUT2D eigenvalue weighted by Crippen LogP contribution is -2.15. The fraction of sp³-hybridized carbons (Fsp3) is 0.421. The number of benzene rings is 1. The van der Waals surface area contributed by atoms with Crippen molar-refractivity contribution in [3.8, 4) is 0 Å². The Labute approximate surface area is 169 Å². The van der Waals surface area contributed by atoms with Gasteiger partial charge in [-0.2, -0.15) is 13.2 Å². The molecule has 0 spiro atoms. The number of nitrogens with one attached hydrogen (secondary N) is 1. The van der Waals surface area contributed by atoms with Crippen LogP contribution < -0.4 is 5.32 Å². The molecule has 0 aliphatic carbocycles. The maximum absolute atomic E-state index is 13.0. The molecule has 0 atom stereocenters. The smallest absolute Gasteiger partial charge is 0.359 e. The number of anilines is 1. The Hall–Kier alpha value is -2.49. The third kappa shape index (κ3) is 4.75. The van der Waals surface area contributed by atoms with Crippen molar-refractivity contribution in [1.82, 2.24) is 14.7 Å². The largest absolute Gasteiger partial charge is 0.416 e. The molecule has 2 aromatic heterocycles. The van der Waals surface area contributed by atoms with Gasteiger partial charge in [-0.3, -0.25) is 4.79 Å². The number of carbonyl (C=O) groups excluding carboxylic acids is 1. The Morgan fingerprint density at radius 1 is 1.31 bits per heavy atom. The standard InChI is InChI=1S/C19H21F3N4O2S/c1-4-5-8-26-15-7-6-13(19(20,21)22)9-14(15)23-18(26)29-10-16(27)24-17-11(2)25-28-12(17)3/h6-7,9H,4-5,8,10H2,1-3H3,(H,24,27). The second-order valence-electron chi connectivity index (χ2n) is 6.64. The van der Waals surface area contributed by atoms with Gasteiger partial charge in [0.05, 0.1) is 22.3 Å². The Bertz CT molecular complexity index is 1010. The molecule has 3 rings (SSSR count). The van der Waals surface area contributed by atoms with E-state index in [-0.39, 0.29) is 17.2 Å². The summed E-state index contributed by atoms with van der Waals surface area (Å²) in [6, 6.07) is 3.55. The van der Waals surface area contributed by atoms with Gasteiger partial charge >= 0.3 is 6.18 Å². The molecule has 0 saturated heterocycles. The maximum atomic E-state index is 13.0. The first-order chi connectivity index (χ1) is 13.7. The molecule has 0 fully saturated rings. The molecule has 0 bridgehead atoms. The average molecular weight is 426 g/mol. The quantitative estimate of drug-likeness (QED) is 0.526. The molecule has 0 radical (unpaired) electrons. The van der Waals surface area contributed by atoms with Gasteiger partial charge in [-0.05, 0) is 38.5 Å². The van der Waals surface area contributed by atoms with Gasteiger partial charge in [0.1, 0.15) is 11.4 Å². The molecule has 1 amide bonds. The molecule has 2 heterocycles. The zero-order valence-electron chi connectivity index (χ0n) is 16.3. The van der Waals surface area contributed by atoms with Crippen molar-refractivity contribution in [2.45, 2.75) is 51.5 Å². The predicted molar refractivity (Wildman–Crippen MR) is 105 cm³/mol. The zero-order valence-corrected chi connectivity index (χ0v) is 17.1. The summed E-state index contributed by atoms with van der Waals surface area (Å²) in [4.78, 5) is 16.7. The number of imidazole rings is 1. The number of halogens is 3. The van der Waals surface area contributed by atoms with E-state index in [2.05, 4.69) is 15.5 Å². The van der Waals surface area contributed by atoms with Gasteiger partial charge in [-0.1, -0.05) is 30.3 Å². The van der Waals surface area contributed by atoms with Crippen LogP contribution in [0.25, 0.3) is 11.0 Å². The number of alkyl halides is 3. The summed E-state index contributed by atoms with van der Waals surface area (Å²) < 4.78 is 45.9. The first-order valence-electron chi connectivity index (χ1n) is 9.13. The molecule has 0 saturated carbocycles. The summed E-state index contributed by atoms with van der Waals surface area (Å²) >= 11 is 1.19. The Morgan fingerprint density at radius 3 is 2.69 bits per heavy atom. The van der Waals surface area contributed by atoms with Crippen molar-refractivity contribution in [2.24, 2.45) is 0 Å². The number of thioether (sulfide) groups is 1. The van der Waals surface area contributed by atoms with E-state index in [0.717, 1.165) is 25.0 Å². The van der Waals surface area contributed by atoms with Gasteiger partial charge in [-0.15, -0.1) is 0 Å². The van der Waals surface area contributed by atoms with Crippen LogP contribution in [-0.2, 0) is 17.5 Å². The van der Waals surface area contributed by atoms with Gasteiger partial charge in [0.2, 0.25) is 5.91 Å². The minimum Gasteiger partial charge on any atom is -0.359 e. The minimum absolute atomic E-state index is 0.0611. The van der Waals surface area contributed by atoms with Crippen molar-refractivity contribution in [3.05, 3.63) is 35.2 Å². The number of aryl methyl sites for hydroxylation is 3. The third-order valence-corrected chi connectivity index (χ3v) is 5.38. The fourth-order valence-corrected chi connectivity index (χ4v) is 3.73. The van der Waals surface area contributed by atoms with E-state index in [1.54, 1.807) is 13.8 Å². The van der Waals surface area contributed by atoms with E-state index < -0.39 is 11.7 Å². The van der Waals surface area contributed by atoms with E-state index in [1.165, 1.54) is 17.8 Å². The highest BCUT2D eigenvalue weighted by atomic mass is 32.2. The molecule has 156 valence electrons. The SMILES string of the molecule is CCCCn1c(SCC(=O)Nc2c(C)noc2C)nc2cc(C(F)(F)F)ccc21. The Kier molecular flexibility index (Phi) is 6.21. The van der Waals surface area contributed by atoms with E-state index in [4.69, 9.17) is 4.52 Å². The number of carbonyl (C=O) groups is 1. The average Bonchev–Trinajstić information content (AvgIpc) is 3.17. The van der Waals surface area contributed by atoms with Crippen LogP contribution >= 0.6 is 11.8 Å². The van der Waals surface area contributed by atoms with Gasteiger partial charge < -0.3 is 14.4 Å². The fourth-order valence-electron chi connectivity index (χ4n) is 2.89. The van der Waals surface area contributed by atoms with Crippen molar-refractivity contribution in [3.63, 3.8) is 0 Å². The third-order valence-electron chi connectivity index (χ3n) is 4.41. The molecular weight excluding hydrogens is 405 g/mol. The number of unbranched alkanes of at least 4 members (excludes halogenated alkanes) is 1. The number of aromatic nitrogens is 3. The first kappa shape index (κ1) is 21.2. The number of fused-ring (bicyclic) bond motifs is 1. The van der Waals surface area contributed by atoms with Crippen LogP contribution in [0.15, 0.2) is 27.9 Å². The number of rotatable bonds is 7. The van der Waals surface area contributed by atoms with E-state index in [0.29, 0.717) is 34.4 Å². The van der Waals surface area contributed by atoms with Gasteiger partial charge in [0.15, 0.2) is 10.9 Å². The second-order valence-corrected chi connectivity index (χ2v) is 7.58.